The fourth-order valence-electron chi connectivity index (χ4n) is 2.16. The molecule has 0 spiro atoms. The van der Waals surface area contributed by atoms with Crippen molar-refractivity contribution < 1.29 is 14.3 Å². The average molecular weight is 248 g/mol. The number of carbonyl (C=O) groups excluding carboxylic acids is 1. The van der Waals surface area contributed by atoms with Gasteiger partial charge < -0.3 is 9.47 Å². The molecule has 0 N–H and O–H groups in total. The summed E-state index contributed by atoms with van der Waals surface area (Å²) in [5.41, 5.74) is 3.01. The summed E-state index contributed by atoms with van der Waals surface area (Å²) in [6.07, 6.45) is 0.865. The number of rotatable bonds is 4. The normalized spacial score (nSPS) is 17.1. The lowest BCUT2D eigenvalue weighted by Crippen LogP contribution is -2.40. The molecule has 1 aromatic rings. The molecule has 3 nitrogen and oxygen atoms in total. The van der Waals surface area contributed by atoms with Crippen LogP contribution in [0.25, 0.3) is 0 Å². The van der Waals surface area contributed by atoms with E-state index >= 15 is 0 Å². The summed E-state index contributed by atoms with van der Waals surface area (Å²) in [4.78, 5) is 11.9. The van der Waals surface area contributed by atoms with Crippen molar-refractivity contribution in [3.8, 4) is 0 Å². The minimum Gasteiger partial charge on any atom is -0.462 e. The van der Waals surface area contributed by atoms with Crippen LogP contribution < -0.4 is 0 Å². The van der Waals surface area contributed by atoms with Crippen LogP contribution in [0.1, 0.15) is 34.8 Å². The van der Waals surface area contributed by atoms with Crippen LogP contribution in [-0.2, 0) is 9.47 Å². The van der Waals surface area contributed by atoms with Crippen LogP contribution in [0.5, 0.6) is 0 Å². The van der Waals surface area contributed by atoms with E-state index in [2.05, 4.69) is 6.92 Å². The molecular weight excluding hydrogens is 228 g/mol. The molecule has 0 unspecified atom stereocenters. The molecule has 0 bridgehead atoms. The molecule has 18 heavy (non-hydrogen) atoms. The highest BCUT2D eigenvalue weighted by Crippen LogP contribution is 2.30. The van der Waals surface area contributed by atoms with Gasteiger partial charge in [0.2, 0.25) is 0 Å². The Bertz CT molecular complexity index is 427. The third kappa shape index (κ3) is 3.10. The highest BCUT2D eigenvalue weighted by atomic mass is 16.5. The first-order valence-electron chi connectivity index (χ1n) is 6.32. The van der Waals surface area contributed by atoms with E-state index in [4.69, 9.17) is 9.47 Å². The Hall–Kier alpha value is -1.35. The van der Waals surface area contributed by atoms with Gasteiger partial charge in [0.25, 0.3) is 0 Å². The standard InChI is InChI=1S/C15H20O3/c1-11-6-12(2)8-13(7-11)14(16)18-5-4-15(3)9-17-10-15/h6-8H,4-5,9-10H2,1-3H3. The largest absolute Gasteiger partial charge is 0.462 e. The van der Waals surface area contributed by atoms with Crippen LogP contribution in [-0.4, -0.2) is 25.8 Å². The van der Waals surface area contributed by atoms with Crippen molar-refractivity contribution in [2.24, 2.45) is 5.41 Å². The molecule has 0 amide bonds. The molecule has 1 saturated heterocycles. The third-order valence-corrected chi connectivity index (χ3v) is 3.30. The van der Waals surface area contributed by atoms with Crippen LogP contribution in [0, 0.1) is 19.3 Å². The summed E-state index contributed by atoms with van der Waals surface area (Å²) in [7, 11) is 0. The summed E-state index contributed by atoms with van der Waals surface area (Å²) < 4.78 is 10.5. The number of aryl methyl sites for hydroxylation is 2. The zero-order valence-corrected chi connectivity index (χ0v) is 11.3. The summed E-state index contributed by atoms with van der Waals surface area (Å²) in [5, 5.41) is 0. The predicted octanol–water partition coefficient (Wildman–Crippen LogP) is 2.89. The highest BCUT2D eigenvalue weighted by molar-refractivity contribution is 5.89. The van der Waals surface area contributed by atoms with Crippen LogP contribution in [0.2, 0.25) is 0 Å². The highest BCUT2D eigenvalue weighted by Gasteiger charge is 2.33. The quantitative estimate of drug-likeness (QED) is 0.769. The molecule has 1 fully saturated rings. The van der Waals surface area contributed by atoms with Gasteiger partial charge in [0.1, 0.15) is 0 Å². The second-order valence-electron chi connectivity index (χ2n) is 5.57. The molecule has 2 rings (SSSR count). The second-order valence-corrected chi connectivity index (χ2v) is 5.57. The molecule has 1 heterocycles. The van der Waals surface area contributed by atoms with Gasteiger partial charge in [-0.3, -0.25) is 0 Å². The number of carbonyl (C=O) groups is 1. The van der Waals surface area contributed by atoms with E-state index < -0.39 is 0 Å². The minimum absolute atomic E-state index is 0.197. The summed E-state index contributed by atoms with van der Waals surface area (Å²) in [5.74, 6) is -0.231. The topological polar surface area (TPSA) is 35.5 Å². The molecule has 0 aliphatic carbocycles. The zero-order chi connectivity index (χ0) is 13.2. The van der Waals surface area contributed by atoms with Crippen molar-refractivity contribution in [1.29, 1.82) is 0 Å². The first-order chi connectivity index (χ1) is 8.48. The van der Waals surface area contributed by atoms with Crippen molar-refractivity contribution in [3.05, 3.63) is 34.9 Å². The van der Waals surface area contributed by atoms with Gasteiger partial charge in [-0.25, -0.2) is 4.79 Å². The van der Waals surface area contributed by atoms with E-state index in [1.165, 1.54) is 0 Å². The van der Waals surface area contributed by atoms with E-state index in [1.807, 2.05) is 32.0 Å². The van der Waals surface area contributed by atoms with E-state index in [9.17, 15) is 4.79 Å². The van der Waals surface area contributed by atoms with Gasteiger partial charge in [0, 0.05) is 5.41 Å². The van der Waals surface area contributed by atoms with Gasteiger partial charge >= 0.3 is 5.97 Å². The van der Waals surface area contributed by atoms with Crippen LogP contribution >= 0.6 is 0 Å². The van der Waals surface area contributed by atoms with Gasteiger partial charge in [-0.15, -0.1) is 0 Å². The van der Waals surface area contributed by atoms with Gasteiger partial charge in [0.15, 0.2) is 0 Å². The Morgan fingerprint density at radius 3 is 2.39 bits per heavy atom. The lowest BCUT2D eigenvalue weighted by molar-refractivity contribution is -0.111. The molecule has 1 aliphatic rings. The maximum atomic E-state index is 11.9. The molecule has 0 aromatic heterocycles. The Morgan fingerprint density at radius 1 is 1.28 bits per heavy atom. The van der Waals surface area contributed by atoms with Crippen molar-refractivity contribution >= 4 is 5.97 Å². The maximum absolute atomic E-state index is 11.9. The Kier molecular flexibility index (Phi) is 3.71. The van der Waals surface area contributed by atoms with Crippen molar-refractivity contribution in [2.45, 2.75) is 27.2 Å². The monoisotopic (exact) mass is 248 g/mol. The summed E-state index contributed by atoms with van der Waals surface area (Å²) in [6, 6.07) is 5.77. The van der Waals surface area contributed by atoms with Crippen LogP contribution in [0.4, 0.5) is 0 Å². The smallest absolute Gasteiger partial charge is 0.338 e. The predicted molar refractivity (Wildman–Crippen MR) is 69.7 cm³/mol. The first-order valence-corrected chi connectivity index (χ1v) is 6.32. The van der Waals surface area contributed by atoms with Crippen molar-refractivity contribution in [1.82, 2.24) is 0 Å². The van der Waals surface area contributed by atoms with Crippen LogP contribution in [0.3, 0.4) is 0 Å². The maximum Gasteiger partial charge on any atom is 0.338 e. The zero-order valence-electron chi connectivity index (χ0n) is 11.3. The van der Waals surface area contributed by atoms with E-state index in [-0.39, 0.29) is 11.4 Å². The molecule has 3 heteroatoms. The number of esters is 1. The molecular formula is C15H20O3. The Labute approximate surface area is 108 Å². The van der Waals surface area contributed by atoms with Crippen molar-refractivity contribution in [3.63, 3.8) is 0 Å². The summed E-state index contributed by atoms with van der Waals surface area (Å²) >= 11 is 0. The lowest BCUT2D eigenvalue weighted by Gasteiger charge is -2.37. The number of hydrogen-bond acceptors (Lipinski definition) is 3. The number of ether oxygens (including phenoxy) is 2. The average Bonchev–Trinajstić information content (AvgIpc) is 2.25. The molecule has 1 aliphatic heterocycles. The van der Waals surface area contributed by atoms with E-state index in [0.29, 0.717) is 12.2 Å². The van der Waals surface area contributed by atoms with E-state index in [1.54, 1.807) is 0 Å². The second kappa shape index (κ2) is 5.11. The lowest BCUT2D eigenvalue weighted by atomic mass is 9.85. The minimum atomic E-state index is -0.231. The molecule has 1 aromatic carbocycles. The number of benzene rings is 1. The van der Waals surface area contributed by atoms with E-state index in [0.717, 1.165) is 30.8 Å². The van der Waals surface area contributed by atoms with Crippen molar-refractivity contribution in [2.75, 3.05) is 19.8 Å². The third-order valence-electron chi connectivity index (χ3n) is 3.30. The molecule has 0 atom stereocenters. The summed E-state index contributed by atoms with van der Waals surface area (Å²) in [6.45, 7) is 8.13. The fraction of sp³-hybridized carbons (Fsp3) is 0.533. The van der Waals surface area contributed by atoms with Crippen LogP contribution in [0.15, 0.2) is 18.2 Å². The Morgan fingerprint density at radius 2 is 1.89 bits per heavy atom. The van der Waals surface area contributed by atoms with Gasteiger partial charge in [-0.05, 0) is 32.4 Å². The van der Waals surface area contributed by atoms with Gasteiger partial charge in [0.05, 0.1) is 25.4 Å². The Balaban J connectivity index is 1.87. The number of hydrogen-bond donors (Lipinski definition) is 0. The van der Waals surface area contributed by atoms with Gasteiger partial charge in [-0.2, -0.15) is 0 Å². The SMILES string of the molecule is Cc1cc(C)cc(C(=O)OCCC2(C)COC2)c1. The molecule has 98 valence electrons. The first kappa shape index (κ1) is 13.1. The van der Waals surface area contributed by atoms with Gasteiger partial charge in [-0.1, -0.05) is 24.1 Å². The molecule has 0 saturated carbocycles. The fourth-order valence-corrected chi connectivity index (χ4v) is 2.16. The molecule has 0 radical (unpaired) electrons.